The molecule has 0 spiro atoms. The van der Waals surface area contributed by atoms with Gasteiger partial charge < -0.3 is 26.2 Å². The molecule has 1 heterocycles. The van der Waals surface area contributed by atoms with Crippen LogP contribution in [0, 0.1) is 5.41 Å². The Morgan fingerprint density at radius 3 is 2.54 bits per heavy atom. The number of guanidine groups is 1. The quantitative estimate of drug-likeness (QED) is 0.159. The van der Waals surface area contributed by atoms with E-state index in [0.29, 0.717) is 13.0 Å². The molecule has 1 amide bonds. The highest BCUT2D eigenvalue weighted by Crippen LogP contribution is 2.08. The lowest BCUT2D eigenvalue weighted by molar-refractivity contribution is -0.152. The number of nitrogens with one attached hydrogen (secondary N) is 4. The van der Waals surface area contributed by atoms with Crippen LogP contribution in [0.2, 0.25) is 0 Å². The molecule has 1 aliphatic heterocycles. The van der Waals surface area contributed by atoms with E-state index in [1.807, 2.05) is 0 Å². The molecular weight excluding hydrogens is 318 g/mol. The Labute approximate surface area is 141 Å². The molecule has 1 rings (SSSR count). The molecule has 1 aliphatic rings. The van der Waals surface area contributed by atoms with E-state index >= 15 is 0 Å². The van der Waals surface area contributed by atoms with Gasteiger partial charge in [-0.05, 0) is 19.8 Å². The molecule has 0 saturated carbocycles. The number of cyclic esters (lactones) is 1. The number of carbonyl (C=O) groups is 3. The van der Waals surface area contributed by atoms with Gasteiger partial charge in [-0.15, -0.1) is 0 Å². The van der Waals surface area contributed by atoms with Crippen LogP contribution < -0.4 is 21.7 Å². The molecule has 0 aliphatic carbocycles. The molecule has 10 heteroatoms. The Kier molecular flexibility index (Phi) is 10.9. The average Bonchev–Trinajstić information content (AvgIpc) is 2.49. The van der Waals surface area contributed by atoms with Crippen molar-refractivity contribution in [3.63, 3.8) is 0 Å². The summed E-state index contributed by atoms with van der Waals surface area (Å²) in [5, 5.41) is 22.2. The average molecular weight is 345 g/mol. The first-order valence-electron chi connectivity index (χ1n) is 7.74. The molecule has 0 aromatic carbocycles. The summed E-state index contributed by atoms with van der Waals surface area (Å²) >= 11 is 0. The van der Waals surface area contributed by atoms with Gasteiger partial charge in [0.15, 0.2) is 11.6 Å². The summed E-state index contributed by atoms with van der Waals surface area (Å²) in [5.41, 5.74) is 3.95. The number of nitrogens with two attached hydrogens (primary N) is 1. The highest BCUT2D eigenvalue weighted by molar-refractivity contribution is 5.86. The van der Waals surface area contributed by atoms with Crippen molar-refractivity contribution >= 4 is 24.3 Å². The predicted molar refractivity (Wildman–Crippen MR) is 87.0 cm³/mol. The van der Waals surface area contributed by atoms with E-state index < -0.39 is 11.6 Å². The van der Waals surface area contributed by atoms with E-state index in [-0.39, 0.29) is 25.0 Å². The van der Waals surface area contributed by atoms with Gasteiger partial charge >= 0.3 is 5.97 Å². The van der Waals surface area contributed by atoms with Crippen molar-refractivity contribution in [1.29, 1.82) is 5.41 Å². The third-order valence-electron chi connectivity index (χ3n) is 3.30. The van der Waals surface area contributed by atoms with Crippen LogP contribution in [-0.4, -0.2) is 48.4 Å². The molecule has 1 atom stereocenters. The first-order valence-corrected chi connectivity index (χ1v) is 7.74. The van der Waals surface area contributed by atoms with Crippen LogP contribution in [-0.2, 0) is 19.1 Å². The maximum absolute atomic E-state index is 12.1. The number of esters is 1. The minimum Gasteiger partial charge on any atom is -0.483 e. The SMILES string of the molecule is CC1(NC(=N)N)NCNC(=O)CCCCCCCOC1=O.O=CO. The fourth-order valence-electron chi connectivity index (χ4n) is 2.07. The predicted octanol–water partition coefficient (Wildman–Crippen LogP) is -0.553. The normalized spacial score (nSPS) is 23.4. The van der Waals surface area contributed by atoms with Gasteiger partial charge in [0.25, 0.3) is 6.47 Å². The summed E-state index contributed by atoms with van der Waals surface area (Å²) < 4.78 is 5.20. The van der Waals surface area contributed by atoms with Gasteiger partial charge in [0.1, 0.15) is 0 Å². The zero-order valence-corrected chi connectivity index (χ0v) is 13.9. The summed E-state index contributed by atoms with van der Waals surface area (Å²) in [5.74, 6) is -0.975. The van der Waals surface area contributed by atoms with E-state index in [0.717, 1.165) is 32.1 Å². The van der Waals surface area contributed by atoms with Crippen molar-refractivity contribution < 1.29 is 24.2 Å². The highest BCUT2D eigenvalue weighted by Gasteiger charge is 2.35. The second-order valence-corrected chi connectivity index (χ2v) is 5.38. The molecule has 1 saturated heterocycles. The van der Waals surface area contributed by atoms with Crippen molar-refractivity contribution in [3.8, 4) is 0 Å². The lowest BCUT2D eigenvalue weighted by Crippen LogP contribution is -2.65. The number of ether oxygens (including phenoxy) is 1. The molecular formula is C14H27N5O5. The summed E-state index contributed by atoms with van der Waals surface area (Å²) in [4.78, 5) is 32.1. The second-order valence-electron chi connectivity index (χ2n) is 5.38. The standard InChI is InChI=1S/C13H25N5O3.CH2O2/c1-13(18-12(14)15)11(20)21-8-6-4-2-3-5-7-10(19)16-9-17-13;2-1-3/h17H,2-9H2,1H3,(H,16,19)(H4,14,15,18);1H,(H,2,3). The topological polar surface area (TPSA) is 167 Å². The Morgan fingerprint density at radius 1 is 1.33 bits per heavy atom. The lowest BCUT2D eigenvalue weighted by atomic mass is 10.1. The van der Waals surface area contributed by atoms with Gasteiger partial charge in [-0.1, -0.05) is 19.3 Å². The molecule has 1 unspecified atom stereocenters. The summed E-state index contributed by atoms with van der Waals surface area (Å²) in [6.45, 7) is 1.70. The Morgan fingerprint density at radius 2 is 1.92 bits per heavy atom. The van der Waals surface area contributed by atoms with Crippen molar-refractivity contribution in [2.24, 2.45) is 5.73 Å². The third-order valence-corrected chi connectivity index (χ3v) is 3.30. The third kappa shape index (κ3) is 9.62. The molecule has 0 aromatic rings. The second kappa shape index (κ2) is 12.1. The highest BCUT2D eigenvalue weighted by atomic mass is 16.5. The van der Waals surface area contributed by atoms with E-state index in [1.54, 1.807) is 0 Å². The number of carbonyl (C=O) groups excluding carboxylic acids is 2. The lowest BCUT2D eigenvalue weighted by Gasteiger charge is -2.30. The van der Waals surface area contributed by atoms with Gasteiger partial charge in [-0.25, -0.2) is 4.79 Å². The largest absolute Gasteiger partial charge is 0.483 e. The number of carboxylic acid groups (broad SMARTS) is 1. The maximum atomic E-state index is 12.1. The van der Waals surface area contributed by atoms with Crippen LogP contribution in [0.1, 0.15) is 45.4 Å². The molecule has 7 N–H and O–H groups in total. The zero-order chi connectivity index (χ0) is 18.4. The van der Waals surface area contributed by atoms with Crippen molar-refractivity contribution in [3.05, 3.63) is 0 Å². The number of amides is 1. The summed E-state index contributed by atoms with van der Waals surface area (Å²) in [6, 6.07) is 0. The minimum atomic E-state index is -1.34. The van der Waals surface area contributed by atoms with E-state index in [1.165, 1.54) is 6.92 Å². The van der Waals surface area contributed by atoms with Crippen molar-refractivity contribution in [1.82, 2.24) is 16.0 Å². The van der Waals surface area contributed by atoms with Crippen LogP contribution in [0.5, 0.6) is 0 Å². The van der Waals surface area contributed by atoms with Crippen LogP contribution in [0.4, 0.5) is 0 Å². The van der Waals surface area contributed by atoms with Gasteiger partial charge in [0.2, 0.25) is 5.91 Å². The molecule has 10 nitrogen and oxygen atoms in total. The van der Waals surface area contributed by atoms with E-state index in [9.17, 15) is 9.59 Å². The summed E-state index contributed by atoms with van der Waals surface area (Å²) in [6.07, 6.45) is 5.09. The Hall–Kier alpha value is -2.36. The van der Waals surface area contributed by atoms with Gasteiger partial charge in [-0.3, -0.25) is 20.3 Å². The smallest absolute Gasteiger partial charge is 0.346 e. The fraction of sp³-hybridized carbons (Fsp3) is 0.714. The van der Waals surface area contributed by atoms with Crippen LogP contribution >= 0.6 is 0 Å². The first kappa shape index (κ1) is 21.6. The zero-order valence-electron chi connectivity index (χ0n) is 13.9. The van der Waals surface area contributed by atoms with Crippen LogP contribution in [0.3, 0.4) is 0 Å². The van der Waals surface area contributed by atoms with E-state index in [4.69, 9.17) is 25.8 Å². The molecule has 0 radical (unpaired) electrons. The van der Waals surface area contributed by atoms with E-state index in [2.05, 4.69) is 16.0 Å². The molecule has 0 aromatic heterocycles. The number of rotatable bonds is 1. The van der Waals surface area contributed by atoms with Crippen LogP contribution in [0.25, 0.3) is 0 Å². The van der Waals surface area contributed by atoms with Gasteiger partial charge in [-0.2, -0.15) is 0 Å². The molecule has 1 fully saturated rings. The maximum Gasteiger partial charge on any atom is 0.346 e. The number of hydrogen-bond acceptors (Lipinski definition) is 6. The van der Waals surface area contributed by atoms with Crippen LogP contribution in [0.15, 0.2) is 0 Å². The minimum absolute atomic E-state index is 0.0712. The summed E-state index contributed by atoms with van der Waals surface area (Å²) in [7, 11) is 0. The van der Waals surface area contributed by atoms with Crippen molar-refractivity contribution in [2.45, 2.75) is 51.1 Å². The Bertz CT molecular complexity index is 432. The molecule has 138 valence electrons. The Balaban J connectivity index is 0.00000163. The fourth-order valence-corrected chi connectivity index (χ4v) is 2.07. The van der Waals surface area contributed by atoms with Crippen molar-refractivity contribution in [2.75, 3.05) is 13.3 Å². The molecule has 24 heavy (non-hydrogen) atoms. The monoisotopic (exact) mass is 345 g/mol. The first-order chi connectivity index (χ1) is 11.4. The number of hydrogen-bond donors (Lipinski definition) is 6. The molecule has 0 bridgehead atoms. The van der Waals surface area contributed by atoms with Gasteiger partial charge in [0.05, 0.1) is 13.3 Å². The van der Waals surface area contributed by atoms with Gasteiger partial charge in [0, 0.05) is 6.42 Å².